The molecule has 1 atom stereocenters. The SMILES string of the molecule is CC/C=C/C(=O)NC(CCN1CCC(N(CC)C(=O)Cc2ccc(S(C)(=O)=O)cc2)CC1)c1ccccc1. The molecule has 1 heterocycles. The Balaban J connectivity index is 1.53. The lowest BCUT2D eigenvalue weighted by atomic mass is 9.99. The van der Waals surface area contributed by atoms with Gasteiger partial charge in [0.05, 0.1) is 17.4 Å². The maximum absolute atomic E-state index is 13.1. The predicted octanol–water partition coefficient (Wildman–Crippen LogP) is 4.16. The molecule has 1 fully saturated rings. The minimum absolute atomic E-state index is 0.0502. The average Bonchev–Trinajstić information content (AvgIpc) is 2.91. The number of hydrogen-bond acceptors (Lipinski definition) is 5. The first-order valence-electron chi connectivity index (χ1n) is 13.5. The quantitative estimate of drug-likeness (QED) is 0.410. The number of rotatable bonds is 12. The average molecular weight is 540 g/mol. The second-order valence-corrected chi connectivity index (χ2v) is 11.9. The Hall–Kier alpha value is -2.97. The molecule has 2 aromatic carbocycles. The first kappa shape index (κ1) is 29.6. The molecule has 1 aliphatic rings. The van der Waals surface area contributed by atoms with Gasteiger partial charge < -0.3 is 15.1 Å². The fraction of sp³-hybridized carbons (Fsp3) is 0.467. The van der Waals surface area contributed by atoms with Gasteiger partial charge in [0.2, 0.25) is 11.8 Å². The molecule has 1 N–H and O–H groups in total. The number of carbonyl (C=O) groups is 2. The van der Waals surface area contributed by atoms with E-state index in [1.54, 1.807) is 30.3 Å². The molecule has 0 saturated carbocycles. The Morgan fingerprint density at radius 2 is 1.71 bits per heavy atom. The molecule has 0 bridgehead atoms. The number of nitrogens with one attached hydrogen (secondary N) is 1. The summed E-state index contributed by atoms with van der Waals surface area (Å²) in [6.45, 7) is 7.35. The number of carbonyl (C=O) groups excluding carboxylic acids is 2. The van der Waals surface area contributed by atoms with E-state index in [0.717, 1.165) is 56.4 Å². The number of sulfone groups is 1. The summed E-state index contributed by atoms with van der Waals surface area (Å²) in [5.74, 6) is 0.00696. The molecule has 2 aromatic rings. The summed E-state index contributed by atoms with van der Waals surface area (Å²) in [4.78, 5) is 30.1. The molecule has 1 saturated heterocycles. The van der Waals surface area contributed by atoms with Crippen LogP contribution in [0.15, 0.2) is 71.6 Å². The molecule has 206 valence electrons. The lowest BCUT2D eigenvalue weighted by molar-refractivity contribution is -0.133. The number of nitrogens with zero attached hydrogens (tertiary/aromatic N) is 2. The topological polar surface area (TPSA) is 86.8 Å². The van der Waals surface area contributed by atoms with Crippen molar-refractivity contribution in [2.45, 2.75) is 62.9 Å². The minimum atomic E-state index is -3.25. The van der Waals surface area contributed by atoms with E-state index in [-0.39, 0.29) is 35.2 Å². The van der Waals surface area contributed by atoms with Crippen LogP contribution in [-0.2, 0) is 25.8 Å². The molecule has 7 nitrogen and oxygen atoms in total. The van der Waals surface area contributed by atoms with E-state index in [9.17, 15) is 18.0 Å². The normalized spacial score (nSPS) is 15.9. The third-order valence-electron chi connectivity index (χ3n) is 7.12. The number of piperidine rings is 1. The minimum Gasteiger partial charge on any atom is -0.346 e. The number of benzene rings is 2. The number of likely N-dealkylation sites (tertiary alicyclic amines) is 1. The van der Waals surface area contributed by atoms with Crippen molar-refractivity contribution < 1.29 is 18.0 Å². The van der Waals surface area contributed by atoms with Crippen LogP contribution in [0.3, 0.4) is 0 Å². The van der Waals surface area contributed by atoms with Crippen LogP contribution in [0.25, 0.3) is 0 Å². The second kappa shape index (κ2) is 14.3. The van der Waals surface area contributed by atoms with E-state index >= 15 is 0 Å². The van der Waals surface area contributed by atoms with Crippen molar-refractivity contribution in [2.24, 2.45) is 0 Å². The molecule has 8 heteroatoms. The fourth-order valence-electron chi connectivity index (χ4n) is 4.99. The summed E-state index contributed by atoms with van der Waals surface area (Å²) in [5, 5.41) is 3.15. The van der Waals surface area contributed by atoms with Crippen LogP contribution >= 0.6 is 0 Å². The van der Waals surface area contributed by atoms with Gasteiger partial charge in [-0.05, 0) is 61.9 Å². The van der Waals surface area contributed by atoms with Crippen molar-refractivity contribution in [3.8, 4) is 0 Å². The molecule has 0 aromatic heterocycles. The van der Waals surface area contributed by atoms with Crippen molar-refractivity contribution in [3.63, 3.8) is 0 Å². The Morgan fingerprint density at radius 3 is 2.29 bits per heavy atom. The smallest absolute Gasteiger partial charge is 0.244 e. The van der Waals surface area contributed by atoms with Gasteiger partial charge in [-0.3, -0.25) is 9.59 Å². The van der Waals surface area contributed by atoms with E-state index in [0.29, 0.717) is 6.54 Å². The van der Waals surface area contributed by atoms with E-state index in [2.05, 4.69) is 22.3 Å². The molecule has 1 unspecified atom stereocenters. The monoisotopic (exact) mass is 539 g/mol. The number of amides is 2. The lowest BCUT2D eigenvalue weighted by Crippen LogP contribution is -2.48. The van der Waals surface area contributed by atoms with E-state index in [4.69, 9.17) is 0 Å². The van der Waals surface area contributed by atoms with Crippen LogP contribution in [0.4, 0.5) is 0 Å². The summed E-state index contributed by atoms with van der Waals surface area (Å²) in [7, 11) is -3.25. The van der Waals surface area contributed by atoms with Crippen LogP contribution in [-0.4, -0.2) is 68.5 Å². The molecule has 1 aliphatic heterocycles. The summed E-state index contributed by atoms with van der Waals surface area (Å²) < 4.78 is 23.4. The third-order valence-corrected chi connectivity index (χ3v) is 8.25. The number of allylic oxidation sites excluding steroid dienone is 1. The van der Waals surface area contributed by atoms with Crippen molar-refractivity contribution in [1.82, 2.24) is 15.1 Å². The van der Waals surface area contributed by atoms with Gasteiger partial charge in [-0.2, -0.15) is 0 Å². The Morgan fingerprint density at radius 1 is 1.05 bits per heavy atom. The molecule has 2 amide bonds. The van der Waals surface area contributed by atoms with Gasteiger partial charge >= 0.3 is 0 Å². The van der Waals surface area contributed by atoms with Crippen LogP contribution in [0.5, 0.6) is 0 Å². The largest absolute Gasteiger partial charge is 0.346 e. The first-order valence-corrected chi connectivity index (χ1v) is 15.4. The van der Waals surface area contributed by atoms with Gasteiger partial charge in [-0.25, -0.2) is 8.42 Å². The predicted molar refractivity (Wildman–Crippen MR) is 151 cm³/mol. The summed E-state index contributed by atoms with van der Waals surface area (Å²) >= 11 is 0. The molecule has 0 spiro atoms. The first-order chi connectivity index (χ1) is 18.2. The Labute approximate surface area is 227 Å². The Bertz CT molecular complexity index is 1170. The maximum atomic E-state index is 13.1. The van der Waals surface area contributed by atoms with Crippen molar-refractivity contribution in [3.05, 3.63) is 77.9 Å². The summed E-state index contributed by atoms with van der Waals surface area (Å²) in [6, 6.07) is 16.8. The lowest BCUT2D eigenvalue weighted by Gasteiger charge is -2.38. The molecule has 0 radical (unpaired) electrons. The fourth-order valence-corrected chi connectivity index (χ4v) is 5.62. The van der Waals surface area contributed by atoms with Gasteiger partial charge in [0.15, 0.2) is 9.84 Å². The molecular weight excluding hydrogens is 498 g/mol. The van der Waals surface area contributed by atoms with Crippen LogP contribution in [0.2, 0.25) is 0 Å². The molecule has 38 heavy (non-hydrogen) atoms. The highest BCUT2D eigenvalue weighted by atomic mass is 32.2. The van der Waals surface area contributed by atoms with Crippen LogP contribution in [0.1, 0.15) is 56.7 Å². The standard InChI is InChI=1S/C30H41N3O4S/c1-4-6-12-29(34)31-28(25-10-8-7-9-11-25)19-22-32-20-17-26(18-21-32)33(5-2)30(35)23-24-13-15-27(16-14-24)38(3,36)37/h6-16,26,28H,4-5,17-23H2,1-3H3,(H,31,34)/b12-6+. The summed E-state index contributed by atoms with van der Waals surface area (Å²) in [6.07, 6.45) is 8.39. The van der Waals surface area contributed by atoms with E-state index < -0.39 is 9.84 Å². The zero-order valence-electron chi connectivity index (χ0n) is 22.8. The highest BCUT2D eigenvalue weighted by Gasteiger charge is 2.27. The van der Waals surface area contributed by atoms with Crippen LogP contribution < -0.4 is 5.32 Å². The number of likely N-dealkylation sites (N-methyl/N-ethyl adjacent to an activating group) is 1. The van der Waals surface area contributed by atoms with Crippen molar-refractivity contribution >= 4 is 21.7 Å². The van der Waals surface area contributed by atoms with Gasteiger partial charge in [-0.1, -0.05) is 55.5 Å². The van der Waals surface area contributed by atoms with Crippen LogP contribution in [0, 0.1) is 0 Å². The maximum Gasteiger partial charge on any atom is 0.244 e. The van der Waals surface area contributed by atoms with Gasteiger partial charge in [0.25, 0.3) is 0 Å². The molecule has 3 rings (SSSR count). The zero-order valence-corrected chi connectivity index (χ0v) is 23.6. The number of hydrogen-bond donors (Lipinski definition) is 1. The van der Waals surface area contributed by atoms with Gasteiger partial charge in [0, 0.05) is 38.5 Å². The van der Waals surface area contributed by atoms with Crippen molar-refractivity contribution in [2.75, 3.05) is 32.4 Å². The van der Waals surface area contributed by atoms with E-state index in [1.165, 1.54) is 6.26 Å². The zero-order chi connectivity index (χ0) is 27.5. The van der Waals surface area contributed by atoms with Gasteiger partial charge in [-0.15, -0.1) is 0 Å². The Kier molecular flexibility index (Phi) is 11.1. The highest BCUT2D eigenvalue weighted by molar-refractivity contribution is 7.90. The highest BCUT2D eigenvalue weighted by Crippen LogP contribution is 2.22. The van der Waals surface area contributed by atoms with Crippen molar-refractivity contribution in [1.29, 1.82) is 0 Å². The van der Waals surface area contributed by atoms with Gasteiger partial charge in [0.1, 0.15) is 0 Å². The molecular formula is C30H41N3O4S. The third kappa shape index (κ3) is 8.81. The van der Waals surface area contributed by atoms with E-state index in [1.807, 2.05) is 43.0 Å². The molecule has 0 aliphatic carbocycles. The summed E-state index contributed by atoms with van der Waals surface area (Å²) in [5.41, 5.74) is 1.93. The second-order valence-electron chi connectivity index (χ2n) is 9.92.